The highest BCUT2D eigenvalue weighted by Crippen LogP contribution is 2.25. The second kappa shape index (κ2) is 6.42. The van der Waals surface area contributed by atoms with Crippen LogP contribution in [0.1, 0.15) is 31.4 Å². The third-order valence-electron chi connectivity index (χ3n) is 3.55. The average molecular weight is 304 g/mol. The van der Waals surface area contributed by atoms with E-state index in [9.17, 15) is 5.11 Å². The zero-order valence-electron chi connectivity index (χ0n) is 11.0. The number of hydrogen-bond donors (Lipinski definition) is 2. The van der Waals surface area contributed by atoms with Crippen LogP contribution in [0.4, 0.5) is 0 Å². The second-order valence-electron chi connectivity index (χ2n) is 5.14. The van der Waals surface area contributed by atoms with Gasteiger partial charge in [0.05, 0.1) is 5.60 Å². The number of rotatable bonds is 4. The summed E-state index contributed by atoms with van der Waals surface area (Å²) in [6, 6.07) is 5.58. The first-order chi connectivity index (χ1) is 8.98. The molecule has 2 N–H and O–H groups in total. The topological polar surface area (TPSA) is 41.5 Å². The maximum Gasteiger partial charge on any atom is 0.0815 e. The monoisotopic (exact) mass is 303 g/mol. The molecule has 2 rings (SSSR count). The van der Waals surface area contributed by atoms with E-state index in [0.29, 0.717) is 42.6 Å². The smallest absolute Gasteiger partial charge is 0.0815 e. The lowest BCUT2D eigenvalue weighted by molar-refractivity contribution is -0.0626. The predicted octanol–water partition coefficient (Wildman–Crippen LogP) is 3.19. The maximum absolute atomic E-state index is 10.4. The van der Waals surface area contributed by atoms with Crippen molar-refractivity contribution in [2.45, 2.75) is 31.4 Å². The average Bonchev–Trinajstić information content (AvgIpc) is 2.36. The van der Waals surface area contributed by atoms with E-state index in [2.05, 4.69) is 5.32 Å². The third kappa shape index (κ3) is 4.33. The number of aliphatic hydroxyl groups is 1. The van der Waals surface area contributed by atoms with Crippen LogP contribution in [0.3, 0.4) is 0 Å². The molecule has 19 heavy (non-hydrogen) atoms. The first kappa shape index (κ1) is 15.1. The van der Waals surface area contributed by atoms with Crippen molar-refractivity contribution < 1.29 is 9.84 Å². The minimum absolute atomic E-state index is 0.0862. The van der Waals surface area contributed by atoms with Gasteiger partial charge in [-0.3, -0.25) is 0 Å². The lowest BCUT2D eigenvalue weighted by Crippen LogP contribution is -2.45. The first-order valence-electron chi connectivity index (χ1n) is 6.48. The minimum atomic E-state index is -0.672. The SMILES string of the molecule is CC(NCC1(O)CCOCC1)c1cc(Cl)cc(Cl)c1. The van der Waals surface area contributed by atoms with E-state index in [4.69, 9.17) is 27.9 Å². The summed E-state index contributed by atoms with van der Waals surface area (Å²) in [7, 11) is 0. The molecule has 1 aromatic carbocycles. The Morgan fingerprint density at radius 1 is 1.26 bits per heavy atom. The Hall–Kier alpha value is -0.320. The Kier molecular flexibility index (Phi) is 5.09. The van der Waals surface area contributed by atoms with Gasteiger partial charge in [0.25, 0.3) is 0 Å². The Labute approximate surface area is 123 Å². The number of benzene rings is 1. The summed E-state index contributed by atoms with van der Waals surface area (Å²) in [5, 5.41) is 15.0. The largest absolute Gasteiger partial charge is 0.388 e. The zero-order chi connectivity index (χ0) is 13.9. The van der Waals surface area contributed by atoms with Crippen LogP contribution in [-0.4, -0.2) is 30.5 Å². The van der Waals surface area contributed by atoms with Gasteiger partial charge in [-0.25, -0.2) is 0 Å². The number of halogens is 2. The summed E-state index contributed by atoms with van der Waals surface area (Å²) in [6.07, 6.45) is 1.34. The molecule has 0 aromatic heterocycles. The van der Waals surface area contributed by atoms with Crippen molar-refractivity contribution in [3.8, 4) is 0 Å². The molecule has 0 saturated carbocycles. The molecule has 106 valence electrons. The Balaban J connectivity index is 1.95. The number of nitrogens with one attached hydrogen (secondary N) is 1. The maximum atomic E-state index is 10.4. The van der Waals surface area contributed by atoms with E-state index in [0.717, 1.165) is 5.56 Å². The summed E-state index contributed by atoms with van der Waals surface area (Å²) in [6.45, 7) is 3.82. The fraction of sp³-hybridized carbons (Fsp3) is 0.571. The number of hydrogen-bond acceptors (Lipinski definition) is 3. The summed E-state index contributed by atoms with van der Waals surface area (Å²) >= 11 is 12.0. The number of ether oxygens (including phenoxy) is 1. The zero-order valence-corrected chi connectivity index (χ0v) is 12.5. The van der Waals surface area contributed by atoms with Crippen molar-refractivity contribution in [1.29, 1.82) is 0 Å². The normalized spacial score (nSPS) is 20.2. The van der Waals surface area contributed by atoms with Crippen LogP contribution in [0, 0.1) is 0 Å². The van der Waals surface area contributed by atoms with E-state index in [1.54, 1.807) is 6.07 Å². The van der Waals surface area contributed by atoms with Gasteiger partial charge in [0.15, 0.2) is 0 Å². The predicted molar refractivity (Wildman–Crippen MR) is 77.9 cm³/mol. The molecule has 0 aliphatic carbocycles. The standard InChI is InChI=1S/C14H19Cl2NO2/c1-10(11-6-12(15)8-13(16)7-11)17-9-14(18)2-4-19-5-3-14/h6-8,10,17-18H,2-5,9H2,1H3. The van der Waals surface area contributed by atoms with E-state index < -0.39 is 5.60 Å². The molecule has 1 unspecified atom stereocenters. The molecule has 1 saturated heterocycles. The van der Waals surface area contributed by atoms with Crippen LogP contribution in [-0.2, 0) is 4.74 Å². The molecule has 1 aromatic rings. The van der Waals surface area contributed by atoms with Gasteiger partial charge >= 0.3 is 0 Å². The molecule has 1 heterocycles. The highest BCUT2D eigenvalue weighted by Gasteiger charge is 2.29. The lowest BCUT2D eigenvalue weighted by atomic mass is 9.94. The molecule has 5 heteroatoms. The quantitative estimate of drug-likeness (QED) is 0.897. The molecule has 3 nitrogen and oxygen atoms in total. The van der Waals surface area contributed by atoms with Gasteiger partial charge in [-0.15, -0.1) is 0 Å². The van der Waals surface area contributed by atoms with Gasteiger partial charge < -0.3 is 15.2 Å². The highest BCUT2D eigenvalue weighted by atomic mass is 35.5. The fourth-order valence-electron chi connectivity index (χ4n) is 2.21. The van der Waals surface area contributed by atoms with Crippen molar-refractivity contribution in [1.82, 2.24) is 5.32 Å². The summed E-state index contributed by atoms with van der Waals surface area (Å²) in [5.74, 6) is 0. The van der Waals surface area contributed by atoms with Gasteiger partial charge in [0, 0.05) is 48.7 Å². The molecule has 1 aliphatic rings. The second-order valence-corrected chi connectivity index (χ2v) is 6.01. The van der Waals surface area contributed by atoms with E-state index in [-0.39, 0.29) is 6.04 Å². The molecule has 1 atom stereocenters. The molecule has 0 radical (unpaired) electrons. The molecule has 1 fully saturated rings. The fourth-order valence-corrected chi connectivity index (χ4v) is 2.76. The summed E-state index contributed by atoms with van der Waals surface area (Å²) < 4.78 is 5.27. The van der Waals surface area contributed by atoms with Crippen molar-refractivity contribution in [3.05, 3.63) is 33.8 Å². The Morgan fingerprint density at radius 3 is 2.42 bits per heavy atom. The van der Waals surface area contributed by atoms with Crippen LogP contribution in [0.5, 0.6) is 0 Å². The van der Waals surface area contributed by atoms with E-state index >= 15 is 0 Å². The third-order valence-corrected chi connectivity index (χ3v) is 3.98. The lowest BCUT2D eigenvalue weighted by Gasteiger charge is -2.33. The summed E-state index contributed by atoms with van der Waals surface area (Å²) in [4.78, 5) is 0. The highest BCUT2D eigenvalue weighted by molar-refractivity contribution is 6.34. The molecule has 0 spiro atoms. The van der Waals surface area contributed by atoms with Crippen molar-refractivity contribution in [2.75, 3.05) is 19.8 Å². The van der Waals surface area contributed by atoms with Gasteiger partial charge in [0.2, 0.25) is 0 Å². The van der Waals surface area contributed by atoms with Crippen LogP contribution in [0.15, 0.2) is 18.2 Å². The first-order valence-corrected chi connectivity index (χ1v) is 7.24. The van der Waals surface area contributed by atoms with Crippen molar-refractivity contribution >= 4 is 23.2 Å². The Morgan fingerprint density at radius 2 is 1.84 bits per heavy atom. The van der Waals surface area contributed by atoms with Gasteiger partial charge in [-0.05, 0) is 30.7 Å². The van der Waals surface area contributed by atoms with Crippen molar-refractivity contribution in [3.63, 3.8) is 0 Å². The van der Waals surface area contributed by atoms with E-state index in [1.165, 1.54) is 0 Å². The van der Waals surface area contributed by atoms with Gasteiger partial charge in [-0.2, -0.15) is 0 Å². The van der Waals surface area contributed by atoms with Crippen LogP contribution >= 0.6 is 23.2 Å². The molecule has 0 amide bonds. The molecule has 0 bridgehead atoms. The van der Waals surface area contributed by atoms with Gasteiger partial charge in [-0.1, -0.05) is 23.2 Å². The van der Waals surface area contributed by atoms with Crippen LogP contribution in [0.25, 0.3) is 0 Å². The molecular formula is C14H19Cl2NO2. The minimum Gasteiger partial charge on any atom is -0.388 e. The summed E-state index contributed by atoms with van der Waals surface area (Å²) in [5.41, 5.74) is 0.350. The van der Waals surface area contributed by atoms with Gasteiger partial charge in [0.1, 0.15) is 0 Å². The van der Waals surface area contributed by atoms with Crippen LogP contribution in [0.2, 0.25) is 10.0 Å². The Bertz CT molecular complexity index is 413. The molecular weight excluding hydrogens is 285 g/mol. The van der Waals surface area contributed by atoms with E-state index in [1.807, 2.05) is 19.1 Å². The van der Waals surface area contributed by atoms with Crippen molar-refractivity contribution in [2.24, 2.45) is 0 Å². The molecule has 1 aliphatic heterocycles. The van der Waals surface area contributed by atoms with Crippen LogP contribution < -0.4 is 5.32 Å².